The van der Waals surface area contributed by atoms with Crippen molar-refractivity contribution in [1.29, 1.82) is 0 Å². The van der Waals surface area contributed by atoms with Gasteiger partial charge in [0.15, 0.2) is 0 Å². The van der Waals surface area contributed by atoms with E-state index in [1.54, 1.807) is 0 Å². The number of nitrogens with zero attached hydrogens (tertiary/aromatic N) is 2. The van der Waals surface area contributed by atoms with Gasteiger partial charge in [-0.15, -0.1) is 0 Å². The lowest BCUT2D eigenvalue weighted by atomic mass is 10.2. The molecule has 2 rings (SSSR count). The molecule has 0 aliphatic heterocycles. The minimum atomic E-state index is -4.93. The Morgan fingerprint density at radius 1 is 1.09 bits per heavy atom. The van der Waals surface area contributed by atoms with Crippen molar-refractivity contribution < 1.29 is 22.0 Å². The fraction of sp³-hybridized carbons (Fsp3) is 0.231. The topological polar surface area (TPSA) is 44.0 Å². The second-order valence-corrected chi connectivity index (χ2v) is 4.55. The molecule has 9 heteroatoms. The van der Waals surface area contributed by atoms with Crippen LogP contribution in [0.4, 0.5) is 22.0 Å². The Hall–Kier alpha value is -2.45. The van der Waals surface area contributed by atoms with Crippen LogP contribution in [0, 0.1) is 18.6 Å². The SMILES string of the molecule is Cc1c(C(F)(F)F)n(C)c(=O)n(-c2cc(F)ccc2F)c1=O. The van der Waals surface area contributed by atoms with Crippen molar-refractivity contribution in [3.05, 3.63) is 61.9 Å². The highest BCUT2D eigenvalue weighted by atomic mass is 19.4. The Labute approximate surface area is 120 Å². The van der Waals surface area contributed by atoms with Gasteiger partial charge in [0.25, 0.3) is 5.56 Å². The number of alkyl halides is 3. The van der Waals surface area contributed by atoms with Gasteiger partial charge in [-0.05, 0) is 19.1 Å². The minimum absolute atomic E-state index is 0.170. The van der Waals surface area contributed by atoms with Gasteiger partial charge in [0.1, 0.15) is 17.3 Å². The molecule has 0 unspecified atom stereocenters. The van der Waals surface area contributed by atoms with E-state index in [1.807, 2.05) is 0 Å². The number of halogens is 5. The molecular weight excluding hydrogens is 311 g/mol. The second kappa shape index (κ2) is 5.08. The average Bonchev–Trinajstić information content (AvgIpc) is 2.39. The van der Waals surface area contributed by atoms with E-state index in [4.69, 9.17) is 0 Å². The predicted octanol–water partition coefficient (Wildman–Crippen LogP) is 2.14. The first kappa shape index (κ1) is 15.9. The highest BCUT2D eigenvalue weighted by Gasteiger charge is 2.37. The number of hydrogen-bond acceptors (Lipinski definition) is 2. The number of rotatable bonds is 1. The molecule has 0 aliphatic rings. The van der Waals surface area contributed by atoms with Crippen LogP contribution in [0.1, 0.15) is 11.3 Å². The number of benzene rings is 1. The monoisotopic (exact) mass is 320 g/mol. The van der Waals surface area contributed by atoms with E-state index in [2.05, 4.69) is 0 Å². The highest BCUT2D eigenvalue weighted by Crippen LogP contribution is 2.29. The van der Waals surface area contributed by atoms with Gasteiger partial charge in [-0.3, -0.25) is 9.36 Å². The molecule has 0 N–H and O–H groups in total. The predicted molar refractivity (Wildman–Crippen MR) is 66.9 cm³/mol. The molecule has 0 spiro atoms. The Morgan fingerprint density at radius 3 is 2.23 bits per heavy atom. The fourth-order valence-corrected chi connectivity index (χ4v) is 2.13. The van der Waals surface area contributed by atoms with Crippen molar-refractivity contribution in [3.63, 3.8) is 0 Å². The van der Waals surface area contributed by atoms with Gasteiger partial charge >= 0.3 is 11.9 Å². The summed E-state index contributed by atoms with van der Waals surface area (Å²) in [4.78, 5) is 24.0. The van der Waals surface area contributed by atoms with Crippen molar-refractivity contribution in [1.82, 2.24) is 9.13 Å². The first-order valence-electron chi connectivity index (χ1n) is 5.91. The van der Waals surface area contributed by atoms with Crippen molar-refractivity contribution in [2.24, 2.45) is 7.05 Å². The van der Waals surface area contributed by atoms with Gasteiger partial charge in [-0.2, -0.15) is 13.2 Å². The van der Waals surface area contributed by atoms with Gasteiger partial charge in [-0.25, -0.2) is 18.1 Å². The lowest BCUT2D eigenvalue weighted by Gasteiger charge is -2.17. The van der Waals surface area contributed by atoms with Gasteiger partial charge in [0, 0.05) is 18.7 Å². The third kappa shape index (κ3) is 2.42. The van der Waals surface area contributed by atoms with Crippen LogP contribution in [0.15, 0.2) is 27.8 Å². The molecule has 4 nitrogen and oxygen atoms in total. The van der Waals surface area contributed by atoms with E-state index in [0.29, 0.717) is 12.1 Å². The quantitative estimate of drug-likeness (QED) is 0.756. The standard InChI is InChI=1S/C13H9F5N2O2/c1-6-10(13(16,17)18)19(2)12(22)20(11(6)21)9-5-7(14)3-4-8(9)15/h3-5H,1-2H3. The van der Waals surface area contributed by atoms with E-state index in [1.165, 1.54) is 0 Å². The summed E-state index contributed by atoms with van der Waals surface area (Å²) in [6, 6.07) is 1.99. The van der Waals surface area contributed by atoms with E-state index in [-0.39, 0.29) is 9.13 Å². The highest BCUT2D eigenvalue weighted by molar-refractivity contribution is 5.35. The van der Waals surface area contributed by atoms with Crippen molar-refractivity contribution in [2.75, 3.05) is 0 Å². The molecular formula is C13H9F5N2O2. The van der Waals surface area contributed by atoms with Crippen LogP contribution in [0.25, 0.3) is 5.69 Å². The fourth-order valence-electron chi connectivity index (χ4n) is 2.13. The van der Waals surface area contributed by atoms with E-state index in [0.717, 1.165) is 20.0 Å². The minimum Gasteiger partial charge on any atom is -0.292 e. The molecule has 0 radical (unpaired) electrons. The molecule has 0 aliphatic carbocycles. The number of hydrogen-bond donors (Lipinski definition) is 0. The third-order valence-electron chi connectivity index (χ3n) is 3.11. The summed E-state index contributed by atoms with van der Waals surface area (Å²) in [6.45, 7) is 0.859. The van der Waals surface area contributed by atoms with Crippen molar-refractivity contribution in [3.8, 4) is 5.69 Å². The summed E-state index contributed by atoms with van der Waals surface area (Å²) in [5.74, 6) is -2.05. The molecule has 1 aromatic carbocycles. The van der Waals surface area contributed by atoms with Crippen LogP contribution in [-0.2, 0) is 13.2 Å². The molecule has 0 amide bonds. The molecule has 1 aromatic heterocycles. The molecule has 0 saturated carbocycles. The summed E-state index contributed by atoms with van der Waals surface area (Å²) in [5, 5.41) is 0. The van der Waals surface area contributed by atoms with Gasteiger partial charge < -0.3 is 0 Å². The normalized spacial score (nSPS) is 11.8. The summed E-state index contributed by atoms with van der Waals surface area (Å²) < 4.78 is 66.0. The number of aromatic nitrogens is 2. The average molecular weight is 320 g/mol. The Morgan fingerprint density at radius 2 is 1.68 bits per heavy atom. The van der Waals surface area contributed by atoms with Gasteiger partial charge in [0.05, 0.1) is 5.69 Å². The Bertz CT molecular complexity index is 827. The van der Waals surface area contributed by atoms with E-state index in [9.17, 15) is 31.5 Å². The molecule has 1 heterocycles. The summed E-state index contributed by atoms with van der Waals surface area (Å²) in [6.07, 6.45) is -4.93. The lowest BCUT2D eigenvalue weighted by Crippen LogP contribution is -2.43. The first-order valence-corrected chi connectivity index (χ1v) is 5.91. The first-order chi connectivity index (χ1) is 10.1. The maximum Gasteiger partial charge on any atom is 0.432 e. The molecule has 0 atom stereocenters. The summed E-state index contributed by atoms with van der Waals surface area (Å²) >= 11 is 0. The van der Waals surface area contributed by atoms with Gasteiger partial charge in [-0.1, -0.05) is 0 Å². The zero-order valence-corrected chi connectivity index (χ0v) is 11.3. The largest absolute Gasteiger partial charge is 0.432 e. The van der Waals surface area contributed by atoms with E-state index >= 15 is 0 Å². The second-order valence-electron chi connectivity index (χ2n) is 4.55. The van der Waals surface area contributed by atoms with Crippen LogP contribution in [0.3, 0.4) is 0 Å². The molecule has 118 valence electrons. The Balaban J connectivity index is 2.96. The zero-order valence-electron chi connectivity index (χ0n) is 11.3. The zero-order chi connectivity index (χ0) is 16.8. The van der Waals surface area contributed by atoms with Crippen LogP contribution in [0.2, 0.25) is 0 Å². The van der Waals surface area contributed by atoms with Crippen LogP contribution >= 0.6 is 0 Å². The maximum atomic E-state index is 13.7. The van der Waals surface area contributed by atoms with E-state index < -0.39 is 46.0 Å². The van der Waals surface area contributed by atoms with Crippen LogP contribution < -0.4 is 11.2 Å². The maximum absolute atomic E-state index is 13.7. The molecule has 0 saturated heterocycles. The van der Waals surface area contributed by atoms with Crippen molar-refractivity contribution >= 4 is 0 Å². The molecule has 2 aromatic rings. The third-order valence-corrected chi connectivity index (χ3v) is 3.11. The van der Waals surface area contributed by atoms with Gasteiger partial charge in [0.2, 0.25) is 0 Å². The molecule has 0 fully saturated rings. The summed E-state index contributed by atoms with van der Waals surface area (Å²) in [7, 11) is 0.797. The molecule has 22 heavy (non-hydrogen) atoms. The lowest BCUT2D eigenvalue weighted by molar-refractivity contribution is -0.144. The smallest absolute Gasteiger partial charge is 0.292 e. The van der Waals surface area contributed by atoms with Crippen LogP contribution in [0.5, 0.6) is 0 Å². The molecule has 0 bridgehead atoms. The summed E-state index contributed by atoms with van der Waals surface area (Å²) in [5.41, 5.74) is -5.76. The van der Waals surface area contributed by atoms with Crippen molar-refractivity contribution in [2.45, 2.75) is 13.1 Å². The Kier molecular flexibility index (Phi) is 3.68. The van der Waals surface area contributed by atoms with Crippen LogP contribution in [-0.4, -0.2) is 9.13 Å².